The van der Waals surface area contributed by atoms with Gasteiger partial charge in [-0.15, -0.1) is 10.2 Å². The van der Waals surface area contributed by atoms with Crippen LogP contribution in [-0.2, 0) is 10.5 Å². The minimum Gasteiger partial charge on any atom is -0.342 e. The molecule has 0 atom stereocenters. The summed E-state index contributed by atoms with van der Waals surface area (Å²) in [4.78, 5) is 14.0. The van der Waals surface area contributed by atoms with E-state index in [4.69, 9.17) is 0 Å². The van der Waals surface area contributed by atoms with Crippen molar-refractivity contribution in [2.75, 3.05) is 18.8 Å². The lowest BCUT2D eigenvalue weighted by atomic mass is 10.0. The van der Waals surface area contributed by atoms with Crippen molar-refractivity contribution in [2.45, 2.75) is 47.0 Å². The predicted molar refractivity (Wildman–Crippen MR) is 107 cm³/mol. The molecule has 1 aromatic heterocycles. The lowest BCUT2D eigenvalue weighted by Crippen LogP contribution is -2.29. The van der Waals surface area contributed by atoms with Crippen molar-refractivity contribution >= 4 is 40.8 Å². The second-order valence-corrected chi connectivity index (χ2v) is 9.82. The van der Waals surface area contributed by atoms with E-state index in [2.05, 4.69) is 48.3 Å². The maximum atomic E-state index is 12.1. The van der Waals surface area contributed by atoms with E-state index in [1.165, 1.54) is 22.9 Å². The molecule has 2 aromatic rings. The highest BCUT2D eigenvalue weighted by Gasteiger charge is 2.18. The first-order valence-electron chi connectivity index (χ1n) is 8.57. The van der Waals surface area contributed by atoms with Gasteiger partial charge >= 0.3 is 0 Å². The van der Waals surface area contributed by atoms with E-state index in [0.717, 1.165) is 40.4 Å². The number of carbonyl (C=O) groups is 1. The topological polar surface area (TPSA) is 46.1 Å². The van der Waals surface area contributed by atoms with Gasteiger partial charge in [0, 0.05) is 18.8 Å². The third-order valence-corrected chi connectivity index (χ3v) is 7.42. The Labute approximate surface area is 161 Å². The first-order valence-corrected chi connectivity index (χ1v) is 11.4. The van der Waals surface area contributed by atoms with E-state index in [-0.39, 0.29) is 5.91 Å². The number of amides is 1. The standard InChI is InChI=1S/C18H23N3OS3/c1-13(2)15-7-5-14(6-8-15)11-23-17-19-20-18(25-17)24-12-16(22)21-9-3-4-10-21/h5-8,13H,3-4,9-12H2,1-2H3. The van der Waals surface area contributed by atoms with Crippen LogP contribution in [0.3, 0.4) is 0 Å². The van der Waals surface area contributed by atoms with Gasteiger partial charge in [0.15, 0.2) is 8.68 Å². The molecule has 0 unspecified atom stereocenters. The minimum atomic E-state index is 0.220. The number of hydrogen-bond acceptors (Lipinski definition) is 6. The zero-order valence-corrected chi connectivity index (χ0v) is 17.1. The zero-order valence-electron chi connectivity index (χ0n) is 14.6. The minimum absolute atomic E-state index is 0.220. The first kappa shape index (κ1) is 18.7. The lowest BCUT2D eigenvalue weighted by Gasteiger charge is -2.13. The Balaban J connectivity index is 1.45. The highest BCUT2D eigenvalue weighted by Crippen LogP contribution is 2.31. The fraction of sp³-hybridized carbons (Fsp3) is 0.500. The van der Waals surface area contributed by atoms with Crippen molar-refractivity contribution in [3.8, 4) is 0 Å². The van der Waals surface area contributed by atoms with Crippen LogP contribution >= 0.6 is 34.9 Å². The molecule has 1 aliphatic rings. The van der Waals surface area contributed by atoms with Gasteiger partial charge in [-0.1, -0.05) is 73.0 Å². The van der Waals surface area contributed by atoms with E-state index in [9.17, 15) is 4.79 Å². The Bertz CT molecular complexity index is 694. The Morgan fingerprint density at radius 3 is 2.40 bits per heavy atom. The van der Waals surface area contributed by atoms with Gasteiger partial charge in [0.2, 0.25) is 5.91 Å². The van der Waals surface area contributed by atoms with Gasteiger partial charge < -0.3 is 4.90 Å². The Morgan fingerprint density at radius 1 is 1.12 bits per heavy atom. The lowest BCUT2D eigenvalue weighted by molar-refractivity contribution is -0.127. The fourth-order valence-electron chi connectivity index (χ4n) is 2.64. The van der Waals surface area contributed by atoms with Crippen LogP contribution < -0.4 is 0 Å². The molecule has 1 saturated heterocycles. The highest BCUT2D eigenvalue weighted by molar-refractivity contribution is 8.03. The average molecular weight is 394 g/mol. The van der Waals surface area contributed by atoms with Crippen LogP contribution in [0.5, 0.6) is 0 Å². The fourth-order valence-corrected chi connectivity index (χ4v) is 5.52. The molecule has 0 radical (unpaired) electrons. The molecule has 7 heteroatoms. The van der Waals surface area contributed by atoms with Crippen molar-refractivity contribution < 1.29 is 4.79 Å². The van der Waals surface area contributed by atoms with Crippen LogP contribution in [0, 0.1) is 0 Å². The molecule has 0 spiro atoms. The van der Waals surface area contributed by atoms with Crippen LogP contribution in [0.15, 0.2) is 32.9 Å². The summed E-state index contributed by atoms with van der Waals surface area (Å²) >= 11 is 4.79. The van der Waals surface area contributed by atoms with Crippen molar-refractivity contribution in [1.29, 1.82) is 0 Å². The third-order valence-electron chi connectivity index (χ3n) is 4.17. The molecule has 0 saturated carbocycles. The summed E-state index contributed by atoms with van der Waals surface area (Å²) in [5.41, 5.74) is 2.66. The van der Waals surface area contributed by atoms with Crippen LogP contribution in [0.4, 0.5) is 0 Å². The molecule has 1 fully saturated rings. The van der Waals surface area contributed by atoms with Gasteiger partial charge in [-0.25, -0.2) is 0 Å². The molecule has 2 heterocycles. The average Bonchev–Trinajstić information content (AvgIpc) is 3.30. The number of nitrogens with zero attached hydrogens (tertiary/aromatic N) is 3. The number of thioether (sulfide) groups is 2. The van der Waals surface area contributed by atoms with Crippen LogP contribution in [0.1, 0.15) is 43.7 Å². The second-order valence-electron chi connectivity index (χ2n) is 6.40. The first-order chi connectivity index (χ1) is 12.1. The van der Waals surface area contributed by atoms with E-state index in [1.807, 2.05) is 4.90 Å². The van der Waals surface area contributed by atoms with E-state index in [0.29, 0.717) is 11.7 Å². The molecule has 3 rings (SSSR count). The van der Waals surface area contributed by atoms with Crippen LogP contribution in [-0.4, -0.2) is 39.8 Å². The summed E-state index contributed by atoms with van der Waals surface area (Å²) in [6, 6.07) is 8.78. The summed E-state index contributed by atoms with van der Waals surface area (Å²) < 4.78 is 1.84. The van der Waals surface area contributed by atoms with E-state index < -0.39 is 0 Å². The molecular weight excluding hydrogens is 370 g/mol. The molecule has 1 aromatic carbocycles. The molecule has 0 N–H and O–H groups in total. The predicted octanol–water partition coefficient (Wildman–Crippen LogP) is 4.67. The van der Waals surface area contributed by atoms with Crippen molar-refractivity contribution in [1.82, 2.24) is 15.1 Å². The zero-order chi connectivity index (χ0) is 17.6. The summed E-state index contributed by atoms with van der Waals surface area (Å²) in [6.07, 6.45) is 2.27. The Kier molecular flexibility index (Phi) is 6.78. The highest BCUT2D eigenvalue weighted by atomic mass is 32.2. The normalized spacial score (nSPS) is 14.4. The Hall–Kier alpha value is -1.05. The van der Waals surface area contributed by atoms with Crippen molar-refractivity contribution in [2.24, 2.45) is 0 Å². The van der Waals surface area contributed by atoms with Crippen LogP contribution in [0.25, 0.3) is 0 Å². The molecule has 0 bridgehead atoms. The smallest absolute Gasteiger partial charge is 0.233 e. The molecule has 0 aliphatic carbocycles. The molecule has 134 valence electrons. The number of likely N-dealkylation sites (tertiary alicyclic amines) is 1. The molecule has 25 heavy (non-hydrogen) atoms. The number of benzene rings is 1. The summed E-state index contributed by atoms with van der Waals surface area (Å²) in [7, 11) is 0. The second kappa shape index (κ2) is 9.05. The number of hydrogen-bond donors (Lipinski definition) is 0. The largest absolute Gasteiger partial charge is 0.342 e. The molecular formula is C18H23N3OS3. The molecule has 4 nitrogen and oxygen atoms in total. The monoisotopic (exact) mass is 393 g/mol. The SMILES string of the molecule is CC(C)c1ccc(CSc2nnc(SCC(=O)N3CCCC3)s2)cc1. The number of aromatic nitrogens is 2. The summed E-state index contributed by atoms with van der Waals surface area (Å²) in [6.45, 7) is 6.23. The Morgan fingerprint density at radius 2 is 1.76 bits per heavy atom. The van der Waals surface area contributed by atoms with Crippen LogP contribution in [0.2, 0.25) is 0 Å². The van der Waals surface area contributed by atoms with Crippen molar-refractivity contribution in [3.05, 3.63) is 35.4 Å². The van der Waals surface area contributed by atoms with Gasteiger partial charge in [-0.05, 0) is 29.9 Å². The summed E-state index contributed by atoms with van der Waals surface area (Å²) in [5, 5.41) is 8.44. The van der Waals surface area contributed by atoms with Gasteiger partial charge in [-0.3, -0.25) is 4.79 Å². The number of rotatable bonds is 7. The maximum absolute atomic E-state index is 12.1. The van der Waals surface area contributed by atoms with Gasteiger partial charge in [-0.2, -0.15) is 0 Å². The molecule has 1 amide bonds. The third kappa shape index (κ3) is 5.46. The summed E-state index contributed by atoms with van der Waals surface area (Å²) in [5.74, 6) is 2.14. The quantitative estimate of drug-likeness (QED) is 0.640. The van der Waals surface area contributed by atoms with E-state index in [1.54, 1.807) is 23.1 Å². The molecule has 1 aliphatic heterocycles. The van der Waals surface area contributed by atoms with Gasteiger partial charge in [0.05, 0.1) is 5.75 Å². The van der Waals surface area contributed by atoms with Gasteiger partial charge in [0.1, 0.15) is 0 Å². The number of carbonyl (C=O) groups excluding carboxylic acids is 1. The van der Waals surface area contributed by atoms with Gasteiger partial charge in [0.25, 0.3) is 0 Å². The maximum Gasteiger partial charge on any atom is 0.233 e. The van der Waals surface area contributed by atoms with E-state index >= 15 is 0 Å². The van der Waals surface area contributed by atoms with Crippen molar-refractivity contribution in [3.63, 3.8) is 0 Å².